The molecule has 0 spiro atoms. The van der Waals surface area contributed by atoms with Crippen molar-refractivity contribution < 1.29 is 126 Å². The third-order valence-corrected chi connectivity index (χ3v) is 0. The van der Waals surface area contributed by atoms with E-state index in [-0.39, 0.29) is 131 Å². The number of rotatable bonds is 0. The van der Waals surface area contributed by atoms with E-state index in [1.807, 2.05) is 0 Å². The molecule has 0 aliphatic heterocycles. The van der Waals surface area contributed by atoms with E-state index in [0.717, 1.165) is 0 Å². The van der Waals surface area contributed by atoms with Crippen LogP contribution in [0, 0.1) is 0 Å². The Bertz CT molecular complexity index is 16.0. The van der Waals surface area contributed by atoms with Crippen LogP contribution < -0.4 is 106 Å². The van der Waals surface area contributed by atoms with Crippen LogP contribution in [0.1, 0.15) is 0 Å². The van der Waals surface area contributed by atoms with Gasteiger partial charge in [0.15, 0.2) is 0 Å². The van der Waals surface area contributed by atoms with Crippen LogP contribution in [0.25, 0.3) is 0 Å². The Labute approximate surface area is 147 Å². The molecular weight excluding hydrogens is 275 g/mol. The fourth-order valence-corrected chi connectivity index (χ4v) is 0. The standard InChI is InChI=1S/4ClH.K.Mn.Na.O/h4*1H;;;;/q;;;;+1;;+1;/p-2. The molecule has 0 bridgehead atoms. The van der Waals surface area contributed by atoms with Crippen LogP contribution in [-0.4, -0.2) is 0 Å². The topological polar surface area (TPSA) is 17.1 Å². The zero-order chi connectivity index (χ0) is 2.00. The van der Waals surface area contributed by atoms with E-state index < -0.39 is 0 Å². The zero-order valence-electron chi connectivity index (χ0n) is 4.36. The van der Waals surface area contributed by atoms with Crippen LogP contribution in [0.5, 0.6) is 0 Å². The van der Waals surface area contributed by atoms with Gasteiger partial charge in [-0.05, 0) is 0 Å². The van der Waals surface area contributed by atoms with Gasteiger partial charge in [-0.25, -0.2) is 0 Å². The molecule has 0 aliphatic carbocycles. The molecule has 0 aromatic rings. The van der Waals surface area contributed by atoms with E-state index in [4.69, 9.17) is 3.83 Å². The summed E-state index contributed by atoms with van der Waals surface area (Å²) in [5.74, 6) is 0. The summed E-state index contributed by atoms with van der Waals surface area (Å²) in [6.07, 6.45) is 0. The molecule has 0 saturated heterocycles. The van der Waals surface area contributed by atoms with Crippen molar-refractivity contribution in [2.45, 2.75) is 0 Å². The molecule has 0 aliphatic rings. The van der Waals surface area contributed by atoms with Crippen molar-refractivity contribution >= 4 is 24.8 Å². The molecule has 8 heavy (non-hydrogen) atoms. The zero-order valence-corrected chi connectivity index (χ0v) is 13.8. The summed E-state index contributed by atoms with van der Waals surface area (Å²) in [5, 5.41) is 0. The summed E-state index contributed by atoms with van der Waals surface area (Å²) in [5.41, 5.74) is 0. The van der Waals surface area contributed by atoms with E-state index >= 15 is 0 Å². The van der Waals surface area contributed by atoms with E-state index in [2.05, 4.69) is 0 Å². The average Bonchev–Trinajstić information content (AvgIpc) is 1.00. The molecule has 0 atom stereocenters. The fraction of sp³-hybridized carbons (Fsp3) is 0. The van der Waals surface area contributed by atoms with E-state index in [1.165, 1.54) is 0 Å². The van der Waals surface area contributed by atoms with Gasteiger partial charge in [0.1, 0.15) is 0 Å². The summed E-state index contributed by atoms with van der Waals surface area (Å²) < 4.78 is 8.06. The first-order valence-corrected chi connectivity index (χ1v) is 0.636. The van der Waals surface area contributed by atoms with Crippen molar-refractivity contribution in [2.75, 3.05) is 0 Å². The Kier molecular flexibility index (Phi) is 480. The van der Waals surface area contributed by atoms with Gasteiger partial charge in [-0.2, -0.15) is 0 Å². The van der Waals surface area contributed by atoms with Crippen LogP contribution >= 0.6 is 24.8 Å². The minimum absolute atomic E-state index is 0. The number of hydrogen-bond donors (Lipinski definition) is 0. The molecule has 0 rings (SSSR count). The molecule has 1 nitrogen and oxygen atoms in total. The monoisotopic (exact) mass is 275 g/mol. The van der Waals surface area contributed by atoms with Gasteiger partial charge in [0, 0.05) is 0 Å². The maximum atomic E-state index is 8.06. The second-order valence-corrected chi connectivity index (χ2v) is 0. The summed E-state index contributed by atoms with van der Waals surface area (Å²) >= 11 is 1.69. The summed E-state index contributed by atoms with van der Waals surface area (Å²) in [7, 11) is 0. The molecule has 45 valence electrons. The van der Waals surface area contributed by atoms with Crippen molar-refractivity contribution in [3.63, 3.8) is 0 Å². The Morgan fingerprint density at radius 3 is 0.875 bits per heavy atom. The Morgan fingerprint density at radius 2 is 0.875 bits per heavy atom. The summed E-state index contributed by atoms with van der Waals surface area (Å²) in [4.78, 5) is 0. The number of halogens is 4. The Hall–Kier alpha value is 4.12. The van der Waals surface area contributed by atoms with Gasteiger partial charge in [-0.3, -0.25) is 0 Å². The first-order valence-electron chi connectivity index (χ1n) is 0.154. The third kappa shape index (κ3) is 49.6. The molecule has 0 amide bonds. The molecule has 0 N–H and O–H groups in total. The molecule has 0 aromatic heterocycles. The third-order valence-electron chi connectivity index (χ3n) is 0. The van der Waals surface area contributed by atoms with E-state index in [0.29, 0.717) is 0 Å². The molecule has 0 radical (unpaired) electrons. The Morgan fingerprint density at radius 1 is 0.875 bits per heavy atom. The minimum atomic E-state index is 0. The van der Waals surface area contributed by atoms with Gasteiger partial charge < -0.3 is 24.8 Å². The quantitative estimate of drug-likeness (QED) is 0.402. The van der Waals surface area contributed by atoms with Crippen LogP contribution in [0.2, 0.25) is 0 Å². The van der Waals surface area contributed by atoms with Crippen LogP contribution in [-0.2, 0) is 19.8 Å². The molecule has 8 heteroatoms. The maximum absolute atomic E-state index is 8.06. The van der Waals surface area contributed by atoms with Gasteiger partial charge >= 0.3 is 101 Å². The van der Waals surface area contributed by atoms with Crippen LogP contribution in [0.15, 0.2) is 0 Å². The summed E-state index contributed by atoms with van der Waals surface area (Å²) in [6, 6.07) is 0. The van der Waals surface area contributed by atoms with Gasteiger partial charge in [-0.1, -0.05) is 0 Å². The summed E-state index contributed by atoms with van der Waals surface area (Å²) in [6.45, 7) is 0. The molecular formula is H2Cl4KMnNaO. The van der Waals surface area contributed by atoms with E-state index in [9.17, 15) is 0 Å². The van der Waals surface area contributed by atoms with Gasteiger partial charge in [0.25, 0.3) is 0 Å². The van der Waals surface area contributed by atoms with Crippen LogP contribution in [0.3, 0.4) is 0 Å². The second-order valence-electron chi connectivity index (χ2n) is 0. The number of hydrogen-bond acceptors (Lipinski definition) is 1. The van der Waals surface area contributed by atoms with E-state index in [1.54, 1.807) is 15.9 Å². The van der Waals surface area contributed by atoms with Crippen molar-refractivity contribution in [3.8, 4) is 0 Å². The SMILES string of the molecule is Cl.Cl.[Cl-].[Cl-].[K+].[Na+].[O]=[Mn]. The predicted molar refractivity (Wildman–Crippen MR) is 15.2 cm³/mol. The second kappa shape index (κ2) is 67.1. The van der Waals surface area contributed by atoms with Crippen LogP contribution in [0.4, 0.5) is 0 Å². The van der Waals surface area contributed by atoms with Crippen molar-refractivity contribution in [1.29, 1.82) is 0 Å². The van der Waals surface area contributed by atoms with Crippen molar-refractivity contribution in [1.82, 2.24) is 0 Å². The Balaban J connectivity index is -0.000000000333. The molecule has 0 heterocycles. The molecule has 0 aromatic carbocycles. The van der Waals surface area contributed by atoms with Gasteiger partial charge in [0.2, 0.25) is 0 Å². The van der Waals surface area contributed by atoms with Gasteiger partial charge in [-0.15, -0.1) is 24.8 Å². The van der Waals surface area contributed by atoms with Crippen molar-refractivity contribution in [3.05, 3.63) is 0 Å². The average molecular weight is 277 g/mol. The fourth-order valence-electron chi connectivity index (χ4n) is 0. The van der Waals surface area contributed by atoms with Gasteiger partial charge in [0.05, 0.1) is 0 Å². The van der Waals surface area contributed by atoms with Crippen molar-refractivity contribution in [2.24, 2.45) is 0 Å². The molecule has 0 unspecified atom stereocenters. The molecule has 0 saturated carbocycles. The normalized spacial score (nSPS) is 0.500. The first-order chi connectivity index (χ1) is 1.00. The first kappa shape index (κ1) is 57.2. The molecule has 0 fully saturated rings. The predicted octanol–water partition coefficient (Wildman–Crippen LogP) is -11.3.